The van der Waals surface area contributed by atoms with E-state index in [-0.39, 0.29) is 99.4 Å². The number of piperidine rings is 1. The molecule has 3 amide bonds. The number of piperazine rings is 2. The number of hydrogen-bond acceptors (Lipinski definition) is 30. The van der Waals surface area contributed by atoms with E-state index in [9.17, 15) is 53.4 Å². The molecule has 35 heteroatoms. The SMILES string of the molecule is CO[C@H]1C[C@@H]2CC[C@@H](C)[C@@](O)(O2)C(=O)C(=O)N2CCCC[C@H]2C(=O)O[C@H]([C@H](C)C[C@@H]2CC[C@@H](OC(=O)CCc3cnc(N4CCN(C(=O)CCOCCN5CCN(c6ncc(C(=O)NCCOC(=O)CCCCCn7nc(-c8ccc9[nH]ccc9c8)c8c(N)ncnc87)cn6)CC5)CC4)nc3)[C@H](OC)C2)CC(=O)[C@H](C)/C=C(\C)[C@@H](O)[C@@H](OC)C(=O)[C@H](C)C[C@H](C)/C=C/C=C/C=C/1C. The number of benzene rings is 1. The summed E-state index contributed by atoms with van der Waals surface area (Å²) in [4.78, 5) is 164. The smallest absolute Gasteiger partial charge is 0.329 e. The van der Waals surface area contributed by atoms with Crippen molar-refractivity contribution < 1.29 is 91.3 Å². The molecule has 1 saturated carbocycles. The maximum Gasteiger partial charge on any atom is 0.329 e. The minimum Gasteiger partial charge on any atom is -0.464 e. The molecule has 5 aromatic heterocycles. The normalized spacial score (nSPS) is 27.4. The molecular weight excluding hydrogens is 1690 g/mol. The standard InChI is InChI=1S/C97H134N16O19/c1-61-19-13-11-14-20-62(2)78(125-8)54-73-27-23-67(7)97(124,132-73)89(120)93(122)112-35-18-16-21-75(112)94(123)131-79(55-76(114)63(3)50-66(6)87(119)88(127-10)86(118)65(5)49-61)64(4)51-68-24-29-77(80(52-68)126-9)130-83(117)30-25-69-56-101-95(102-57-69)111-43-41-109(42-44-111)81(115)32-46-128-48-45-108-37-39-110(40-38-108)96-103-58-72(59-104-96)92(121)100-34-47-129-82(116)22-15-12-17-36-113-91-84(90(98)105-60-106-91)85(107-113)71-26-28-74-70(53-71)31-33-99-74/h11,13-14,19-20,26,28,31,33,50,53,56-61,63-65,67-68,73,75,77-80,87-88,99,119,124H,12,15-18,21-25,27,29-30,32,34-49,51-52,54-55H2,1-10H3,(H,100,121)(H2,98,105,106)/b14-11+,19-13+,62-20+,66-50+/t61-,63-,64-,65-,67-,68+,73+,75+,77-,78+,79+,80-,87-,88+,97-/m1/s1. The van der Waals surface area contributed by atoms with Crippen molar-refractivity contribution in [1.82, 2.24) is 64.7 Å². The predicted molar refractivity (Wildman–Crippen MR) is 493 cm³/mol. The second-order valence-electron chi connectivity index (χ2n) is 36.4. The molecule has 716 valence electrons. The van der Waals surface area contributed by atoms with Gasteiger partial charge in [-0.05, 0) is 150 Å². The zero-order valence-electron chi connectivity index (χ0n) is 78.1. The number of nitrogens with one attached hydrogen (secondary N) is 2. The molecule has 5 aliphatic heterocycles. The number of hydrogen-bond donors (Lipinski definition) is 5. The molecule has 6 aromatic rings. The summed E-state index contributed by atoms with van der Waals surface area (Å²) in [5, 5.41) is 33.3. The molecule has 132 heavy (non-hydrogen) atoms. The van der Waals surface area contributed by atoms with Gasteiger partial charge in [-0.3, -0.25) is 43.3 Å². The van der Waals surface area contributed by atoms with Gasteiger partial charge in [0, 0.05) is 184 Å². The van der Waals surface area contributed by atoms with E-state index in [0.717, 1.165) is 59.2 Å². The summed E-state index contributed by atoms with van der Waals surface area (Å²) in [5.74, 6) is -8.42. The predicted octanol–water partition coefficient (Wildman–Crippen LogP) is 9.23. The highest BCUT2D eigenvalue weighted by Crippen LogP contribution is 2.40. The molecule has 0 radical (unpaired) electrons. The van der Waals surface area contributed by atoms with E-state index in [1.54, 1.807) is 60.4 Å². The minimum absolute atomic E-state index is 0.0111. The molecule has 35 nitrogen and oxygen atoms in total. The third-order valence-corrected chi connectivity index (χ3v) is 26.8. The number of Topliss-reactive ketones (excluding diaryl/α,β-unsaturated/α-hetero) is 3. The van der Waals surface area contributed by atoms with Gasteiger partial charge in [-0.1, -0.05) is 83.6 Å². The number of methoxy groups -OCH3 is 3. The lowest BCUT2D eigenvalue weighted by Crippen LogP contribution is -2.61. The average Bonchev–Trinajstić information content (AvgIpc) is 1.22. The van der Waals surface area contributed by atoms with Gasteiger partial charge in [0.05, 0.1) is 55.4 Å². The first-order valence-corrected chi connectivity index (χ1v) is 47.0. The Morgan fingerprint density at radius 1 is 0.727 bits per heavy atom. The van der Waals surface area contributed by atoms with Gasteiger partial charge in [-0.15, -0.1) is 0 Å². The number of nitrogens with zero attached hydrogens (tertiary/aromatic N) is 13. The number of rotatable bonds is 29. The highest BCUT2D eigenvalue weighted by molar-refractivity contribution is 6.39. The summed E-state index contributed by atoms with van der Waals surface area (Å²) in [6.07, 6.45) is 22.7. The van der Waals surface area contributed by atoms with Crippen LogP contribution in [0.2, 0.25) is 0 Å². The number of cyclic esters (lactones) is 1. The van der Waals surface area contributed by atoms with Crippen molar-refractivity contribution in [3.63, 3.8) is 0 Å². The Bertz CT molecular complexity index is 5020. The Balaban J connectivity index is 0.535. The largest absolute Gasteiger partial charge is 0.464 e. The summed E-state index contributed by atoms with van der Waals surface area (Å²) in [7, 11) is 4.51. The van der Waals surface area contributed by atoms with E-state index in [1.165, 1.54) is 30.7 Å². The van der Waals surface area contributed by atoms with E-state index in [0.29, 0.717) is 176 Å². The molecular formula is C97H134N16O19. The van der Waals surface area contributed by atoms with E-state index >= 15 is 0 Å². The second-order valence-corrected chi connectivity index (χ2v) is 36.4. The van der Waals surface area contributed by atoms with Crippen molar-refractivity contribution in [3.8, 4) is 11.3 Å². The van der Waals surface area contributed by atoms with Gasteiger partial charge in [0.25, 0.3) is 17.6 Å². The third kappa shape index (κ3) is 26.7. The van der Waals surface area contributed by atoms with Crippen LogP contribution in [-0.2, 0) is 89.2 Å². The summed E-state index contributed by atoms with van der Waals surface area (Å²) in [6, 6.07) is 6.85. The number of anilines is 3. The lowest BCUT2D eigenvalue weighted by molar-refractivity contribution is -0.265. The molecule has 2 bridgehead atoms. The first-order valence-electron chi connectivity index (χ1n) is 47.0. The molecule has 1 aliphatic carbocycles. The van der Waals surface area contributed by atoms with Crippen molar-refractivity contribution in [3.05, 3.63) is 120 Å². The van der Waals surface area contributed by atoms with Gasteiger partial charge in [0.2, 0.25) is 23.6 Å². The Morgan fingerprint density at radius 3 is 2.20 bits per heavy atom. The second kappa shape index (κ2) is 48.3. The fraction of sp³-hybridized carbons (Fsp3) is 0.608. The van der Waals surface area contributed by atoms with Crippen molar-refractivity contribution in [2.75, 3.05) is 129 Å². The number of aliphatic hydroxyl groups excluding tert-OH is 1. The lowest BCUT2D eigenvalue weighted by atomic mass is 9.78. The van der Waals surface area contributed by atoms with Gasteiger partial charge in [0.1, 0.15) is 60.7 Å². The van der Waals surface area contributed by atoms with Crippen molar-refractivity contribution in [1.29, 1.82) is 0 Å². The van der Waals surface area contributed by atoms with E-state index in [1.807, 2.05) is 90.0 Å². The highest BCUT2D eigenvalue weighted by Gasteiger charge is 2.53. The number of H-pyrrole nitrogens is 1. The number of aryl methyl sites for hydroxylation is 2. The number of ether oxygens (including phenoxy) is 8. The Kier molecular flexibility index (Phi) is 36.7. The molecule has 4 saturated heterocycles. The maximum absolute atomic E-state index is 14.8. The number of carbonyl (C=O) groups excluding carboxylic acids is 9. The van der Waals surface area contributed by atoms with Crippen LogP contribution >= 0.6 is 0 Å². The zero-order valence-corrected chi connectivity index (χ0v) is 78.1. The van der Waals surface area contributed by atoms with E-state index < -0.39 is 102 Å². The first kappa shape index (κ1) is 100. The van der Waals surface area contributed by atoms with Gasteiger partial charge in [0.15, 0.2) is 11.4 Å². The van der Waals surface area contributed by atoms with Gasteiger partial charge < -0.3 is 83.7 Å². The number of amides is 3. The maximum atomic E-state index is 14.8. The Labute approximate surface area is 772 Å². The van der Waals surface area contributed by atoms with Crippen LogP contribution in [0.1, 0.15) is 180 Å². The fourth-order valence-corrected chi connectivity index (χ4v) is 18.7. The number of carbonyl (C=O) groups is 9. The molecule has 1 aromatic carbocycles. The number of aromatic amines is 1. The molecule has 0 spiro atoms. The lowest BCUT2D eigenvalue weighted by Gasteiger charge is -2.42. The topological polar surface area (TPSA) is 433 Å². The number of nitrogens with two attached hydrogens (primary N) is 1. The summed E-state index contributed by atoms with van der Waals surface area (Å²) in [5.41, 5.74) is 11.9. The van der Waals surface area contributed by atoms with Gasteiger partial charge in [-0.2, -0.15) is 5.10 Å². The quantitative estimate of drug-likeness (QED) is 0.00959. The van der Waals surface area contributed by atoms with E-state index in [2.05, 4.69) is 56.1 Å². The van der Waals surface area contributed by atoms with Crippen LogP contribution in [-0.4, -0.2) is 290 Å². The number of esters is 3. The van der Waals surface area contributed by atoms with Crippen molar-refractivity contribution in [2.24, 2.45) is 35.5 Å². The van der Waals surface area contributed by atoms with Crippen LogP contribution in [0.5, 0.6) is 0 Å². The van der Waals surface area contributed by atoms with Crippen LogP contribution in [0.25, 0.3) is 33.2 Å². The van der Waals surface area contributed by atoms with E-state index in [4.69, 9.17) is 48.7 Å². The molecule has 0 unspecified atom stereocenters. The van der Waals surface area contributed by atoms with Gasteiger partial charge >= 0.3 is 17.9 Å². The third-order valence-electron chi connectivity index (χ3n) is 26.8. The number of aromatic nitrogens is 9. The number of nitrogen functional groups attached to an aromatic ring is 1. The fourth-order valence-electron chi connectivity index (χ4n) is 18.7. The van der Waals surface area contributed by atoms with Gasteiger partial charge in [-0.25, -0.2) is 39.4 Å². The zero-order chi connectivity index (χ0) is 94.1. The van der Waals surface area contributed by atoms with Crippen LogP contribution in [0.3, 0.4) is 0 Å². The number of fused-ring (bicyclic) bond motifs is 5. The first-order chi connectivity index (χ1) is 63.6. The number of unbranched alkanes of at least 4 members (excludes halogenated alkanes) is 2. The van der Waals surface area contributed by atoms with Crippen molar-refractivity contribution >= 4 is 92.6 Å². The van der Waals surface area contributed by atoms with Crippen LogP contribution in [0.15, 0.2) is 109 Å². The summed E-state index contributed by atoms with van der Waals surface area (Å²) in [6.45, 7) is 19.8. The summed E-state index contributed by atoms with van der Waals surface area (Å²) < 4.78 is 49.5. The molecule has 12 rings (SSSR count). The monoisotopic (exact) mass is 1830 g/mol. The average molecular weight is 1830 g/mol. The van der Waals surface area contributed by atoms with Crippen LogP contribution in [0.4, 0.5) is 17.7 Å². The molecule has 6 N–H and O–H groups in total. The van der Waals surface area contributed by atoms with Crippen molar-refractivity contribution in [2.45, 2.75) is 232 Å². The summed E-state index contributed by atoms with van der Waals surface area (Å²) >= 11 is 0. The molecule has 6 aliphatic rings. The number of allylic oxidation sites excluding steroid dienone is 6. The Morgan fingerprint density at radius 2 is 1.47 bits per heavy atom. The molecule has 10 heterocycles. The minimum atomic E-state index is -2.49. The molecule has 5 fully saturated rings. The van der Waals surface area contributed by atoms with Crippen LogP contribution in [0, 0.1) is 35.5 Å². The number of aliphatic hydroxyl groups is 2. The van der Waals surface area contributed by atoms with Crippen LogP contribution < -0.4 is 20.9 Å². The Hall–Kier alpha value is -10.7. The highest BCUT2D eigenvalue weighted by atomic mass is 16.6. The number of ketones is 3. The molecule has 15 atom stereocenters.